The van der Waals surface area contributed by atoms with Gasteiger partial charge >= 0.3 is 0 Å². The number of nitrogens with zero attached hydrogens (tertiary/aromatic N) is 5. The van der Waals surface area contributed by atoms with Crippen LogP contribution < -0.4 is 0 Å². The number of aromatic nitrogens is 4. The molecule has 4 heterocycles. The van der Waals surface area contributed by atoms with Crippen molar-refractivity contribution in [1.29, 1.82) is 0 Å². The highest BCUT2D eigenvalue weighted by Gasteiger charge is 2.21. The van der Waals surface area contributed by atoms with Crippen LogP contribution >= 0.6 is 11.6 Å². The fourth-order valence-corrected chi connectivity index (χ4v) is 4.91. The molecule has 6 rings (SSSR count). The van der Waals surface area contributed by atoms with Gasteiger partial charge in [0.1, 0.15) is 5.82 Å². The Morgan fingerprint density at radius 1 is 0.895 bits per heavy atom. The Morgan fingerprint density at radius 3 is 2.68 bits per heavy atom. The van der Waals surface area contributed by atoms with E-state index in [4.69, 9.17) is 16.6 Å². The average molecular weight is 522 g/mol. The van der Waals surface area contributed by atoms with Crippen LogP contribution in [-0.4, -0.2) is 32.0 Å². The monoisotopic (exact) mass is 521 g/mol. The maximum Gasteiger partial charge on any atom is 0.132 e. The zero-order valence-electron chi connectivity index (χ0n) is 20.7. The van der Waals surface area contributed by atoms with E-state index >= 15 is 0 Å². The van der Waals surface area contributed by atoms with Gasteiger partial charge in [0.15, 0.2) is 0 Å². The molecule has 0 aliphatic carbocycles. The lowest BCUT2D eigenvalue weighted by Gasteiger charge is -2.10. The van der Waals surface area contributed by atoms with Crippen LogP contribution in [0.3, 0.4) is 0 Å². The van der Waals surface area contributed by atoms with Gasteiger partial charge in [-0.2, -0.15) is 5.10 Å². The van der Waals surface area contributed by atoms with Crippen LogP contribution in [0.2, 0.25) is 5.02 Å². The topological polar surface area (TPSA) is 56.0 Å². The lowest BCUT2D eigenvalue weighted by molar-refractivity contribution is 0.558. The van der Waals surface area contributed by atoms with E-state index in [0.717, 1.165) is 59.2 Å². The summed E-state index contributed by atoms with van der Waals surface area (Å²) in [5.41, 5.74) is 7.33. The van der Waals surface area contributed by atoms with Crippen molar-refractivity contribution in [3.8, 4) is 11.1 Å². The summed E-state index contributed by atoms with van der Waals surface area (Å²) in [7, 11) is 0. The zero-order valence-corrected chi connectivity index (χ0v) is 21.4. The number of halogens is 2. The molecule has 7 heteroatoms. The summed E-state index contributed by atoms with van der Waals surface area (Å²) in [5.74, 6) is -0.359. The molecule has 38 heavy (non-hydrogen) atoms. The molecule has 0 fully saturated rings. The molecule has 0 saturated carbocycles. The number of allylic oxidation sites excluding steroid dienone is 1. The summed E-state index contributed by atoms with van der Waals surface area (Å²) in [5, 5.41) is 5.02. The third kappa shape index (κ3) is 5.13. The molecule has 2 aromatic carbocycles. The van der Waals surface area contributed by atoms with Crippen LogP contribution in [0.5, 0.6) is 0 Å². The molecule has 0 saturated heterocycles. The van der Waals surface area contributed by atoms with Crippen LogP contribution in [-0.2, 0) is 13.0 Å². The number of unbranched alkanes of at least 4 members (excludes halogenated alkanes) is 1. The highest BCUT2D eigenvalue weighted by Crippen LogP contribution is 2.29. The fourth-order valence-electron chi connectivity index (χ4n) is 4.74. The Morgan fingerprint density at radius 2 is 1.79 bits per heavy atom. The van der Waals surface area contributed by atoms with Crippen molar-refractivity contribution in [3.05, 3.63) is 119 Å². The van der Waals surface area contributed by atoms with E-state index in [9.17, 15) is 4.39 Å². The molecule has 0 unspecified atom stereocenters. The first-order valence-corrected chi connectivity index (χ1v) is 13.1. The molecular formula is C31H25ClFN5. The highest BCUT2D eigenvalue weighted by atomic mass is 35.5. The number of rotatable bonds is 8. The summed E-state index contributed by atoms with van der Waals surface area (Å²) < 4.78 is 16.6. The van der Waals surface area contributed by atoms with E-state index in [1.54, 1.807) is 6.07 Å². The molecule has 3 aromatic heterocycles. The predicted molar refractivity (Wildman–Crippen MR) is 151 cm³/mol. The van der Waals surface area contributed by atoms with Gasteiger partial charge in [0.05, 0.1) is 35.2 Å². The zero-order chi connectivity index (χ0) is 25.9. The van der Waals surface area contributed by atoms with Gasteiger partial charge in [-0.3, -0.25) is 14.7 Å². The lowest BCUT2D eigenvalue weighted by Crippen LogP contribution is -2.06. The first kappa shape index (κ1) is 24.2. The minimum Gasteiger partial charge on any atom is -0.280 e. The molecule has 0 radical (unpaired) electrons. The van der Waals surface area contributed by atoms with E-state index in [1.165, 1.54) is 17.7 Å². The predicted octanol–water partition coefficient (Wildman–Crippen LogP) is 7.20. The van der Waals surface area contributed by atoms with Gasteiger partial charge in [0.2, 0.25) is 0 Å². The molecule has 1 aliphatic heterocycles. The summed E-state index contributed by atoms with van der Waals surface area (Å²) >= 11 is 6.13. The molecule has 0 amide bonds. The molecule has 0 bridgehead atoms. The van der Waals surface area contributed by atoms with Gasteiger partial charge in [-0.05, 0) is 61.2 Å². The summed E-state index contributed by atoms with van der Waals surface area (Å²) in [6, 6.07) is 20.9. The Labute approximate surface area is 225 Å². The lowest BCUT2D eigenvalue weighted by atomic mass is 9.99. The number of aryl methyl sites for hydroxylation is 2. The van der Waals surface area contributed by atoms with Gasteiger partial charge in [0, 0.05) is 46.2 Å². The van der Waals surface area contributed by atoms with Crippen molar-refractivity contribution in [1.82, 2.24) is 19.7 Å². The Kier molecular flexibility index (Phi) is 6.80. The number of hydrogen-bond donors (Lipinski definition) is 0. The average Bonchev–Trinajstić information content (AvgIpc) is 3.63. The molecule has 5 aromatic rings. The second kappa shape index (κ2) is 10.7. The van der Waals surface area contributed by atoms with Gasteiger partial charge < -0.3 is 0 Å². The van der Waals surface area contributed by atoms with Gasteiger partial charge in [0.25, 0.3) is 0 Å². The summed E-state index contributed by atoms with van der Waals surface area (Å²) in [6.45, 7) is 1.34. The van der Waals surface area contributed by atoms with Crippen molar-refractivity contribution in [2.75, 3.05) is 6.54 Å². The molecular weight excluding hydrogens is 497 g/mol. The minimum absolute atomic E-state index is 0.359. The largest absolute Gasteiger partial charge is 0.280 e. The van der Waals surface area contributed by atoms with E-state index in [1.807, 2.05) is 47.4 Å². The van der Waals surface area contributed by atoms with Gasteiger partial charge in [-0.15, -0.1) is 0 Å². The van der Waals surface area contributed by atoms with Crippen molar-refractivity contribution >= 4 is 33.9 Å². The van der Waals surface area contributed by atoms with Crippen LogP contribution in [0.1, 0.15) is 29.7 Å². The highest BCUT2D eigenvalue weighted by molar-refractivity contribution is 6.35. The SMILES string of the molecule is Fc1ccc(Cl)cc1C1=NCC=C1c1ccc2ncc(-c3cnn(CCCCc4ccccc4)c3)cc2n1. The normalized spacial score (nSPS) is 13.1. The van der Waals surface area contributed by atoms with E-state index in [2.05, 4.69) is 45.5 Å². The Hall–Kier alpha value is -4.16. The number of hydrogen-bond acceptors (Lipinski definition) is 4. The molecule has 0 N–H and O–H groups in total. The van der Waals surface area contributed by atoms with E-state index < -0.39 is 0 Å². The third-order valence-electron chi connectivity index (χ3n) is 6.71. The van der Waals surface area contributed by atoms with Crippen LogP contribution in [0.15, 0.2) is 96.4 Å². The standard InChI is InChI=1S/C31H25ClFN5/c32-24-9-10-27(33)26(17-24)31-25(13-14-34-31)28-11-12-29-30(37-28)16-22(18-35-29)23-19-36-38(20-23)15-5-4-8-21-6-2-1-3-7-21/h1-3,6-7,9-13,16-20H,4-5,8,14-15H2. The van der Waals surface area contributed by atoms with Gasteiger partial charge in [-0.1, -0.05) is 48.0 Å². The van der Waals surface area contributed by atoms with Crippen molar-refractivity contribution < 1.29 is 4.39 Å². The van der Waals surface area contributed by atoms with Crippen LogP contribution in [0.25, 0.3) is 27.7 Å². The van der Waals surface area contributed by atoms with E-state index in [0.29, 0.717) is 22.8 Å². The minimum atomic E-state index is -0.359. The summed E-state index contributed by atoms with van der Waals surface area (Å²) in [4.78, 5) is 14.0. The summed E-state index contributed by atoms with van der Waals surface area (Å²) in [6.07, 6.45) is 11.0. The van der Waals surface area contributed by atoms with Crippen molar-refractivity contribution in [3.63, 3.8) is 0 Å². The number of benzene rings is 2. The molecule has 1 aliphatic rings. The smallest absolute Gasteiger partial charge is 0.132 e. The van der Waals surface area contributed by atoms with Gasteiger partial charge in [-0.25, -0.2) is 9.37 Å². The second-order valence-electron chi connectivity index (χ2n) is 9.32. The second-order valence-corrected chi connectivity index (χ2v) is 9.76. The molecule has 0 spiro atoms. The first-order valence-electron chi connectivity index (χ1n) is 12.7. The quantitative estimate of drug-likeness (QED) is 0.203. The number of pyridine rings is 2. The Balaban J connectivity index is 1.19. The maximum absolute atomic E-state index is 14.6. The third-order valence-corrected chi connectivity index (χ3v) is 6.94. The number of fused-ring (bicyclic) bond motifs is 1. The van der Waals surface area contributed by atoms with Crippen LogP contribution in [0, 0.1) is 5.82 Å². The molecule has 188 valence electrons. The van der Waals surface area contributed by atoms with E-state index in [-0.39, 0.29) is 5.82 Å². The first-order chi connectivity index (χ1) is 18.6. The van der Waals surface area contributed by atoms with Crippen molar-refractivity contribution in [2.45, 2.75) is 25.8 Å². The maximum atomic E-state index is 14.6. The van der Waals surface area contributed by atoms with Crippen LogP contribution in [0.4, 0.5) is 4.39 Å². The fraction of sp³-hybridized carbons (Fsp3) is 0.161. The molecule has 5 nitrogen and oxygen atoms in total. The molecule has 0 atom stereocenters. The van der Waals surface area contributed by atoms with Crippen molar-refractivity contribution in [2.24, 2.45) is 4.99 Å². The number of aliphatic imine (C=N–C) groups is 1. The Bertz CT molecular complexity index is 1670.